The third kappa shape index (κ3) is 2.56. The van der Waals surface area contributed by atoms with E-state index in [4.69, 9.17) is 4.18 Å². The molecule has 5 heteroatoms. The van der Waals surface area contributed by atoms with Crippen LogP contribution in [0.25, 0.3) is 10.9 Å². The molecule has 0 spiro atoms. The van der Waals surface area contributed by atoms with Crippen LogP contribution in [0.4, 0.5) is 0 Å². The minimum Gasteiger partial charge on any atom is -0.345 e. The summed E-state index contributed by atoms with van der Waals surface area (Å²) in [6, 6.07) is 14.9. The molecule has 4 nitrogen and oxygen atoms in total. The summed E-state index contributed by atoms with van der Waals surface area (Å²) < 4.78 is 32.5. The van der Waals surface area contributed by atoms with Crippen LogP contribution in [0.5, 0.6) is 0 Å². The molecule has 4 rings (SSSR count). The summed E-state index contributed by atoms with van der Waals surface area (Å²) in [4.78, 5) is 0.208. The fourth-order valence-corrected chi connectivity index (χ4v) is 4.26. The normalized spacial score (nSPS) is 17.5. The molecular formula is C18H17NO3S. The van der Waals surface area contributed by atoms with Crippen molar-refractivity contribution < 1.29 is 12.6 Å². The SMILES string of the molecule is Cc1ccc(S(=O)(=O)OC2Cc3cccc4ccn(c34)C2)cc1. The molecule has 3 aromatic rings. The summed E-state index contributed by atoms with van der Waals surface area (Å²) in [6.45, 7) is 2.47. The zero-order valence-electron chi connectivity index (χ0n) is 12.8. The summed E-state index contributed by atoms with van der Waals surface area (Å²) in [5.74, 6) is 0. The lowest BCUT2D eigenvalue weighted by Gasteiger charge is -2.24. The number of benzene rings is 2. The van der Waals surface area contributed by atoms with Crippen molar-refractivity contribution >= 4 is 21.0 Å². The van der Waals surface area contributed by atoms with Crippen LogP contribution in [0.3, 0.4) is 0 Å². The highest BCUT2D eigenvalue weighted by atomic mass is 32.2. The molecule has 2 aromatic carbocycles. The van der Waals surface area contributed by atoms with Gasteiger partial charge in [0, 0.05) is 12.6 Å². The number of nitrogens with zero attached hydrogens (tertiary/aromatic N) is 1. The van der Waals surface area contributed by atoms with E-state index in [0.717, 1.165) is 11.1 Å². The lowest BCUT2D eigenvalue weighted by molar-refractivity contribution is 0.185. The molecule has 1 aliphatic rings. The quantitative estimate of drug-likeness (QED) is 0.694. The maximum Gasteiger partial charge on any atom is 0.297 e. The van der Waals surface area contributed by atoms with Crippen LogP contribution in [0.15, 0.2) is 59.6 Å². The van der Waals surface area contributed by atoms with Crippen LogP contribution in [0.2, 0.25) is 0 Å². The molecule has 0 fully saturated rings. The van der Waals surface area contributed by atoms with Crippen LogP contribution in [-0.4, -0.2) is 19.1 Å². The fourth-order valence-electron chi connectivity index (χ4n) is 3.19. The molecule has 2 heterocycles. The summed E-state index contributed by atoms with van der Waals surface area (Å²) in [5.41, 5.74) is 3.33. The fraction of sp³-hybridized carbons (Fsp3) is 0.222. The van der Waals surface area contributed by atoms with Gasteiger partial charge in [-0.3, -0.25) is 4.18 Å². The number of rotatable bonds is 3. The van der Waals surface area contributed by atoms with E-state index in [-0.39, 0.29) is 11.0 Å². The Labute approximate surface area is 135 Å². The third-order valence-corrected chi connectivity index (χ3v) is 5.67. The molecule has 0 saturated carbocycles. The van der Waals surface area contributed by atoms with E-state index in [1.54, 1.807) is 24.3 Å². The first kappa shape index (κ1) is 14.5. The highest BCUT2D eigenvalue weighted by Gasteiger charge is 2.26. The Bertz CT molecular complexity index is 971. The van der Waals surface area contributed by atoms with Crippen LogP contribution in [-0.2, 0) is 27.3 Å². The highest BCUT2D eigenvalue weighted by molar-refractivity contribution is 7.86. The number of hydrogen-bond acceptors (Lipinski definition) is 3. The van der Waals surface area contributed by atoms with Crippen LogP contribution in [0, 0.1) is 6.92 Å². The first-order chi connectivity index (χ1) is 11.0. The van der Waals surface area contributed by atoms with Gasteiger partial charge in [-0.1, -0.05) is 35.9 Å². The number of aromatic nitrogens is 1. The summed E-state index contributed by atoms with van der Waals surface area (Å²) in [5, 5.41) is 1.18. The predicted octanol–water partition coefficient (Wildman–Crippen LogP) is 3.28. The molecule has 0 bridgehead atoms. The van der Waals surface area contributed by atoms with E-state index in [9.17, 15) is 8.42 Å². The van der Waals surface area contributed by atoms with Gasteiger partial charge in [0.1, 0.15) is 0 Å². The number of para-hydroxylation sites is 1. The largest absolute Gasteiger partial charge is 0.345 e. The van der Waals surface area contributed by atoms with Crippen LogP contribution in [0.1, 0.15) is 11.1 Å². The minimum atomic E-state index is -3.74. The van der Waals surface area contributed by atoms with Crippen molar-refractivity contribution in [3.8, 4) is 0 Å². The van der Waals surface area contributed by atoms with Gasteiger partial charge < -0.3 is 4.57 Å². The molecule has 0 aliphatic carbocycles. The zero-order valence-corrected chi connectivity index (χ0v) is 13.6. The molecule has 1 aliphatic heterocycles. The Balaban J connectivity index is 1.62. The maximum atomic E-state index is 12.5. The monoisotopic (exact) mass is 327 g/mol. The Morgan fingerprint density at radius 1 is 1.09 bits per heavy atom. The molecule has 0 saturated heterocycles. The second kappa shape index (κ2) is 5.22. The van der Waals surface area contributed by atoms with Crippen molar-refractivity contribution in [1.82, 2.24) is 4.57 Å². The Hall–Kier alpha value is -2.11. The van der Waals surface area contributed by atoms with E-state index in [1.165, 1.54) is 10.9 Å². The standard InChI is InChI=1S/C18H17NO3S/c1-13-5-7-17(8-6-13)23(20,21)22-16-11-15-4-2-3-14-9-10-19(12-16)18(14)15/h2-10,16H,11-12H2,1H3. The lowest BCUT2D eigenvalue weighted by atomic mass is 10.0. The van der Waals surface area contributed by atoms with E-state index in [0.29, 0.717) is 13.0 Å². The van der Waals surface area contributed by atoms with Gasteiger partial charge in [0.05, 0.1) is 23.1 Å². The molecular weight excluding hydrogens is 310 g/mol. The average molecular weight is 327 g/mol. The van der Waals surface area contributed by atoms with Crippen molar-refractivity contribution in [3.63, 3.8) is 0 Å². The van der Waals surface area contributed by atoms with Gasteiger partial charge in [0.2, 0.25) is 0 Å². The van der Waals surface area contributed by atoms with E-state index >= 15 is 0 Å². The van der Waals surface area contributed by atoms with Gasteiger partial charge in [-0.05, 0) is 36.1 Å². The van der Waals surface area contributed by atoms with Gasteiger partial charge >= 0.3 is 0 Å². The second-order valence-corrected chi connectivity index (χ2v) is 7.58. The van der Waals surface area contributed by atoms with Crippen molar-refractivity contribution in [3.05, 3.63) is 65.9 Å². The van der Waals surface area contributed by atoms with Crippen molar-refractivity contribution in [1.29, 1.82) is 0 Å². The average Bonchev–Trinajstić information content (AvgIpc) is 2.92. The molecule has 0 amide bonds. The first-order valence-electron chi connectivity index (χ1n) is 7.60. The summed E-state index contributed by atoms with van der Waals surface area (Å²) in [6.07, 6.45) is 2.21. The van der Waals surface area contributed by atoms with E-state index < -0.39 is 10.1 Å². The third-order valence-electron chi connectivity index (χ3n) is 4.29. The molecule has 118 valence electrons. The Kier molecular flexibility index (Phi) is 3.28. The summed E-state index contributed by atoms with van der Waals surface area (Å²) >= 11 is 0. The number of aryl methyl sites for hydroxylation is 1. The van der Waals surface area contributed by atoms with Gasteiger partial charge in [0.25, 0.3) is 10.1 Å². The van der Waals surface area contributed by atoms with Crippen molar-refractivity contribution in [2.75, 3.05) is 0 Å². The van der Waals surface area contributed by atoms with E-state index in [2.05, 4.69) is 16.7 Å². The number of hydrogen-bond donors (Lipinski definition) is 0. The smallest absolute Gasteiger partial charge is 0.297 e. The predicted molar refractivity (Wildman–Crippen MR) is 88.9 cm³/mol. The van der Waals surface area contributed by atoms with Gasteiger partial charge in [-0.25, -0.2) is 0 Å². The lowest BCUT2D eigenvalue weighted by Crippen LogP contribution is -2.29. The molecule has 1 aromatic heterocycles. The van der Waals surface area contributed by atoms with Crippen molar-refractivity contribution in [2.24, 2.45) is 0 Å². The van der Waals surface area contributed by atoms with Crippen LogP contribution < -0.4 is 0 Å². The maximum absolute atomic E-state index is 12.5. The first-order valence-corrected chi connectivity index (χ1v) is 9.00. The molecule has 23 heavy (non-hydrogen) atoms. The van der Waals surface area contributed by atoms with Gasteiger partial charge in [0.15, 0.2) is 0 Å². The zero-order chi connectivity index (χ0) is 16.0. The topological polar surface area (TPSA) is 48.3 Å². The Morgan fingerprint density at radius 2 is 1.87 bits per heavy atom. The van der Waals surface area contributed by atoms with E-state index in [1.807, 2.05) is 25.3 Å². The molecule has 1 unspecified atom stereocenters. The van der Waals surface area contributed by atoms with Crippen molar-refractivity contribution in [2.45, 2.75) is 30.9 Å². The second-order valence-electron chi connectivity index (χ2n) is 6.01. The van der Waals surface area contributed by atoms with Gasteiger partial charge in [-0.15, -0.1) is 0 Å². The molecule has 1 atom stereocenters. The Morgan fingerprint density at radius 3 is 2.65 bits per heavy atom. The summed E-state index contributed by atoms with van der Waals surface area (Å²) in [7, 11) is -3.74. The molecule has 0 radical (unpaired) electrons. The highest BCUT2D eigenvalue weighted by Crippen LogP contribution is 2.28. The minimum absolute atomic E-state index is 0.208. The van der Waals surface area contributed by atoms with Gasteiger partial charge in [-0.2, -0.15) is 8.42 Å². The molecule has 0 N–H and O–H groups in total. The van der Waals surface area contributed by atoms with Crippen LogP contribution >= 0.6 is 0 Å².